The van der Waals surface area contributed by atoms with Gasteiger partial charge < -0.3 is 5.32 Å². The van der Waals surface area contributed by atoms with Crippen molar-refractivity contribution in [3.63, 3.8) is 0 Å². The van der Waals surface area contributed by atoms with Gasteiger partial charge in [-0.1, -0.05) is 11.8 Å². The van der Waals surface area contributed by atoms with Crippen LogP contribution in [0.4, 0.5) is 5.13 Å². The first kappa shape index (κ1) is 14.3. The molecule has 4 nitrogen and oxygen atoms in total. The SMILES string of the molecule is CCNc1ncc(CSc2nc(C)c(C)c(C)n2)s1. The molecule has 0 radical (unpaired) electrons. The van der Waals surface area contributed by atoms with Crippen molar-refractivity contribution in [3.8, 4) is 0 Å². The normalized spacial score (nSPS) is 10.7. The Morgan fingerprint density at radius 3 is 2.53 bits per heavy atom. The molecule has 6 heteroatoms. The van der Waals surface area contributed by atoms with Crippen molar-refractivity contribution < 1.29 is 0 Å². The van der Waals surface area contributed by atoms with E-state index < -0.39 is 0 Å². The predicted octanol–water partition coefficient (Wildman–Crippen LogP) is 3.58. The summed E-state index contributed by atoms with van der Waals surface area (Å²) >= 11 is 3.35. The van der Waals surface area contributed by atoms with Crippen LogP contribution >= 0.6 is 23.1 Å². The van der Waals surface area contributed by atoms with Crippen molar-refractivity contribution in [2.75, 3.05) is 11.9 Å². The fourth-order valence-corrected chi connectivity index (χ4v) is 3.39. The number of thiazole rings is 1. The van der Waals surface area contributed by atoms with E-state index in [4.69, 9.17) is 0 Å². The Balaban J connectivity index is 2.01. The van der Waals surface area contributed by atoms with Crippen molar-refractivity contribution in [1.82, 2.24) is 15.0 Å². The van der Waals surface area contributed by atoms with E-state index >= 15 is 0 Å². The zero-order chi connectivity index (χ0) is 13.8. The second kappa shape index (κ2) is 6.34. The number of anilines is 1. The van der Waals surface area contributed by atoms with E-state index in [-0.39, 0.29) is 0 Å². The van der Waals surface area contributed by atoms with Gasteiger partial charge >= 0.3 is 0 Å². The monoisotopic (exact) mass is 294 g/mol. The highest BCUT2D eigenvalue weighted by Gasteiger charge is 2.07. The highest BCUT2D eigenvalue weighted by atomic mass is 32.2. The standard InChI is InChI=1S/C13H18N4S2/c1-5-14-12-15-6-11(19-12)7-18-13-16-9(3)8(2)10(4)17-13/h6H,5,7H2,1-4H3,(H,14,15). The number of hydrogen-bond acceptors (Lipinski definition) is 6. The van der Waals surface area contributed by atoms with Crippen molar-refractivity contribution >= 4 is 28.2 Å². The summed E-state index contributed by atoms with van der Waals surface area (Å²) in [7, 11) is 0. The molecule has 0 aromatic carbocycles. The van der Waals surface area contributed by atoms with Crippen molar-refractivity contribution in [2.45, 2.75) is 38.6 Å². The van der Waals surface area contributed by atoms with Crippen LogP contribution in [0.2, 0.25) is 0 Å². The van der Waals surface area contributed by atoms with Crippen LogP contribution in [0.25, 0.3) is 0 Å². The quantitative estimate of drug-likeness (QED) is 0.674. The number of hydrogen-bond donors (Lipinski definition) is 1. The van der Waals surface area contributed by atoms with Crippen LogP contribution < -0.4 is 5.32 Å². The van der Waals surface area contributed by atoms with Crippen LogP contribution in [-0.2, 0) is 5.75 Å². The molecule has 2 aromatic rings. The Morgan fingerprint density at radius 1 is 1.21 bits per heavy atom. The third kappa shape index (κ3) is 3.67. The van der Waals surface area contributed by atoms with Gasteiger partial charge in [-0.05, 0) is 33.3 Å². The summed E-state index contributed by atoms with van der Waals surface area (Å²) in [5.74, 6) is 0.866. The summed E-state index contributed by atoms with van der Waals surface area (Å²) in [6.07, 6.45) is 1.92. The number of nitrogens with zero attached hydrogens (tertiary/aromatic N) is 3. The summed E-state index contributed by atoms with van der Waals surface area (Å²) in [5, 5.41) is 5.05. The molecule has 0 bridgehead atoms. The van der Waals surface area contributed by atoms with E-state index in [2.05, 4.69) is 34.1 Å². The van der Waals surface area contributed by atoms with Crippen LogP contribution in [0.3, 0.4) is 0 Å². The zero-order valence-corrected chi connectivity index (χ0v) is 13.3. The Kier molecular flexibility index (Phi) is 4.76. The number of nitrogens with one attached hydrogen (secondary N) is 1. The third-order valence-electron chi connectivity index (χ3n) is 2.84. The lowest BCUT2D eigenvalue weighted by atomic mass is 10.2. The summed E-state index contributed by atoms with van der Waals surface area (Å²) in [4.78, 5) is 14.6. The molecule has 19 heavy (non-hydrogen) atoms. The molecule has 0 saturated carbocycles. The van der Waals surface area contributed by atoms with Crippen molar-refractivity contribution in [1.29, 1.82) is 0 Å². The maximum absolute atomic E-state index is 4.51. The number of rotatable bonds is 5. The Labute approximate surface area is 122 Å². The molecule has 1 N–H and O–H groups in total. The first-order chi connectivity index (χ1) is 9.10. The van der Waals surface area contributed by atoms with E-state index in [0.717, 1.165) is 34.0 Å². The fraction of sp³-hybridized carbons (Fsp3) is 0.462. The van der Waals surface area contributed by atoms with Gasteiger partial charge in [0, 0.05) is 34.8 Å². The van der Waals surface area contributed by atoms with E-state index in [1.807, 2.05) is 20.0 Å². The van der Waals surface area contributed by atoms with E-state index in [1.54, 1.807) is 23.1 Å². The largest absolute Gasteiger partial charge is 0.362 e. The molecule has 0 aliphatic heterocycles. The van der Waals surface area contributed by atoms with Gasteiger partial charge in [-0.2, -0.15) is 0 Å². The molecule has 0 fully saturated rings. The summed E-state index contributed by atoms with van der Waals surface area (Å²) in [6, 6.07) is 0. The molecular weight excluding hydrogens is 276 g/mol. The molecule has 0 aliphatic rings. The predicted molar refractivity (Wildman–Crippen MR) is 82.1 cm³/mol. The van der Waals surface area contributed by atoms with Crippen LogP contribution in [0, 0.1) is 20.8 Å². The molecule has 0 spiro atoms. The van der Waals surface area contributed by atoms with Gasteiger partial charge in [0.25, 0.3) is 0 Å². The summed E-state index contributed by atoms with van der Waals surface area (Å²) < 4.78 is 0. The van der Waals surface area contributed by atoms with E-state index in [1.165, 1.54) is 10.4 Å². The van der Waals surface area contributed by atoms with Gasteiger partial charge in [-0.25, -0.2) is 15.0 Å². The zero-order valence-electron chi connectivity index (χ0n) is 11.6. The first-order valence-electron chi connectivity index (χ1n) is 6.23. The van der Waals surface area contributed by atoms with Gasteiger partial charge in [0.05, 0.1) is 0 Å². The molecule has 0 unspecified atom stereocenters. The van der Waals surface area contributed by atoms with Gasteiger partial charge in [0.1, 0.15) is 0 Å². The van der Waals surface area contributed by atoms with Crippen molar-refractivity contribution in [2.24, 2.45) is 0 Å². The van der Waals surface area contributed by atoms with Crippen LogP contribution in [-0.4, -0.2) is 21.5 Å². The smallest absolute Gasteiger partial charge is 0.188 e. The molecule has 0 atom stereocenters. The maximum atomic E-state index is 4.51. The molecule has 2 aromatic heterocycles. The first-order valence-corrected chi connectivity index (χ1v) is 8.03. The highest BCUT2D eigenvalue weighted by molar-refractivity contribution is 7.98. The molecule has 102 valence electrons. The van der Waals surface area contributed by atoms with Gasteiger partial charge in [0.15, 0.2) is 10.3 Å². The fourth-order valence-electron chi connectivity index (χ4n) is 1.55. The topological polar surface area (TPSA) is 50.7 Å². The lowest BCUT2D eigenvalue weighted by Crippen LogP contribution is -1.97. The third-order valence-corrected chi connectivity index (χ3v) is 4.87. The molecule has 2 heterocycles. The summed E-state index contributed by atoms with van der Waals surface area (Å²) in [6.45, 7) is 9.10. The molecule has 0 amide bonds. The van der Waals surface area contributed by atoms with Crippen molar-refractivity contribution in [3.05, 3.63) is 28.0 Å². The van der Waals surface area contributed by atoms with Gasteiger partial charge in [-0.3, -0.25) is 0 Å². The molecule has 2 rings (SSSR count). The Bertz CT molecular complexity index is 543. The minimum atomic E-state index is 0.846. The highest BCUT2D eigenvalue weighted by Crippen LogP contribution is 2.26. The lowest BCUT2D eigenvalue weighted by Gasteiger charge is -2.05. The number of thioether (sulfide) groups is 1. The van der Waals surface area contributed by atoms with Gasteiger partial charge in [0.2, 0.25) is 0 Å². The van der Waals surface area contributed by atoms with Gasteiger partial charge in [-0.15, -0.1) is 11.3 Å². The molecule has 0 aliphatic carbocycles. The summed E-state index contributed by atoms with van der Waals surface area (Å²) in [5.41, 5.74) is 3.30. The Hall–Kier alpha value is -1.14. The van der Waals surface area contributed by atoms with Crippen LogP contribution in [0.5, 0.6) is 0 Å². The number of aryl methyl sites for hydroxylation is 2. The second-order valence-electron chi connectivity index (χ2n) is 4.25. The van der Waals surface area contributed by atoms with Crippen LogP contribution in [0.1, 0.15) is 28.8 Å². The lowest BCUT2D eigenvalue weighted by molar-refractivity contribution is 0.881. The average Bonchev–Trinajstić information content (AvgIpc) is 2.81. The maximum Gasteiger partial charge on any atom is 0.188 e. The van der Waals surface area contributed by atoms with Crippen LogP contribution in [0.15, 0.2) is 11.4 Å². The second-order valence-corrected chi connectivity index (χ2v) is 6.31. The minimum Gasteiger partial charge on any atom is -0.362 e. The molecule has 0 saturated heterocycles. The van der Waals surface area contributed by atoms with E-state index in [9.17, 15) is 0 Å². The number of aromatic nitrogens is 3. The average molecular weight is 294 g/mol. The van der Waals surface area contributed by atoms with E-state index in [0.29, 0.717) is 0 Å². The molecular formula is C13H18N4S2. The minimum absolute atomic E-state index is 0.846. The Morgan fingerprint density at radius 2 is 1.89 bits per heavy atom.